The quantitative estimate of drug-likeness (QED) is 0.341. The van der Waals surface area contributed by atoms with E-state index in [2.05, 4.69) is 5.32 Å². The molecule has 0 atom stereocenters. The summed E-state index contributed by atoms with van der Waals surface area (Å²) in [6, 6.07) is 0.649. The van der Waals surface area contributed by atoms with Crippen LogP contribution in [0, 0.1) is 23.7 Å². The first-order chi connectivity index (χ1) is 15.0. The number of hydrogen-bond donors (Lipinski definition) is 1. The van der Waals surface area contributed by atoms with Gasteiger partial charge in [0.1, 0.15) is 12.1 Å². The second kappa shape index (κ2) is 19.9. The van der Waals surface area contributed by atoms with E-state index in [1.165, 1.54) is 38.5 Å². The Morgan fingerprint density at radius 2 is 1.52 bits per heavy atom. The first-order valence-electron chi connectivity index (χ1n) is 12.7. The van der Waals surface area contributed by atoms with Gasteiger partial charge in [-0.1, -0.05) is 27.7 Å². The van der Waals surface area contributed by atoms with Crippen molar-refractivity contribution in [1.29, 1.82) is 0 Å². The summed E-state index contributed by atoms with van der Waals surface area (Å²) in [5.41, 5.74) is 0. The number of ether oxygens (including phenoxy) is 2. The lowest BCUT2D eigenvalue weighted by Gasteiger charge is -2.28. The number of ketones is 1. The Balaban J connectivity index is 0.000000547. The van der Waals surface area contributed by atoms with E-state index < -0.39 is 0 Å². The van der Waals surface area contributed by atoms with E-state index in [4.69, 9.17) is 9.47 Å². The fourth-order valence-electron chi connectivity index (χ4n) is 4.46. The smallest absolute Gasteiger partial charge is 0.138 e. The fraction of sp³-hybridized carbons (Fsp3) is 0.923. The van der Waals surface area contributed by atoms with Crippen LogP contribution in [0.3, 0.4) is 0 Å². The van der Waals surface area contributed by atoms with Crippen LogP contribution >= 0.6 is 0 Å². The zero-order valence-corrected chi connectivity index (χ0v) is 21.3. The normalized spacial score (nSPS) is 25.6. The molecule has 2 aliphatic rings. The topological polar surface area (TPSA) is 64.6 Å². The number of nitrogens with one attached hydrogen (secondary N) is 1. The van der Waals surface area contributed by atoms with Crippen LogP contribution in [0.25, 0.3) is 0 Å². The molecule has 0 aromatic carbocycles. The summed E-state index contributed by atoms with van der Waals surface area (Å²) in [5.74, 6) is 2.52. The molecule has 184 valence electrons. The van der Waals surface area contributed by atoms with Crippen molar-refractivity contribution >= 4 is 12.1 Å². The molecule has 0 bridgehead atoms. The predicted octanol–water partition coefficient (Wildman–Crippen LogP) is 5.45. The van der Waals surface area contributed by atoms with Crippen molar-refractivity contribution in [3.8, 4) is 0 Å². The van der Waals surface area contributed by atoms with Crippen LogP contribution in [-0.4, -0.2) is 52.1 Å². The van der Waals surface area contributed by atoms with E-state index in [0.29, 0.717) is 24.2 Å². The largest absolute Gasteiger partial charge is 0.384 e. The molecule has 0 amide bonds. The van der Waals surface area contributed by atoms with Crippen molar-refractivity contribution in [2.45, 2.75) is 97.9 Å². The van der Waals surface area contributed by atoms with Gasteiger partial charge in [0.2, 0.25) is 0 Å². The van der Waals surface area contributed by atoms with Gasteiger partial charge in [0, 0.05) is 51.2 Å². The molecule has 31 heavy (non-hydrogen) atoms. The van der Waals surface area contributed by atoms with Gasteiger partial charge in [-0.15, -0.1) is 0 Å². The highest BCUT2D eigenvalue weighted by Gasteiger charge is 2.26. The first-order valence-corrected chi connectivity index (χ1v) is 12.7. The van der Waals surface area contributed by atoms with Crippen molar-refractivity contribution in [3.63, 3.8) is 0 Å². The van der Waals surface area contributed by atoms with Crippen LogP contribution in [0.2, 0.25) is 0 Å². The molecular weight excluding hydrogens is 390 g/mol. The van der Waals surface area contributed by atoms with E-state index in [1.807, 2.05) is 34.7 Å². The first kappa shape index (κ1) is 30.2. The standard InChI is InChI=1S/C13H24O3.C11H21NO.C2H6/c1-15-10-12-4-6-13(7-5-12)11-16-9-3-2-8-14;1-8(2)11(13)9-4-6-10(12-3)7-5-9;1-2/h8,12-13H,2-7,9-11H2,1H3;8-10,12H,4-7H2,1-3H3;1-2H3. The maximum absolute atomic E-state index is 11.7. The lowest BCUT2D eigenvalue weighted by atomic mass is 9.80. The molecule has 1 N–H and O–H groups in total. The van der Waals surface area contributed by atoms with E-state index in [1.54, 1.807) is 7.11 Å². The minimum atomic E-state index is 0.219. The molecule has 5 heteroatoms. The average molecular weight is 442 g/mol. The highest BCUT2D eigenvalue weighted by molar-refractivity contribution is 5.82. The number of rotatable bonds is 11. The number of methoxy groups -OCH3 is 1. The fourth-order valence-corrected chi connectivity index (χ4v) is 4.46. The Bertz CT molecular complexity index is 425. The Morgan fingerprint density at radius 1 is 0.968 bits per heavy atom. The van der Waals surface area contributed by atoms with Gasteiger partial charge in [-0.05, 0) is 76.7 Å². The molecule has 2 rings (SSSR count). The Hall–Kier alpha value is -0.780. The number of Topliss-reactive ketones (excluding diaryl/α,β-unsaturated/α-hetero) is 1. The minimum Gasteiger partial charge on any atom is -0.384 e. The second-order valence-corrected chi connectivity index (χ2v) is 9.12. The predicted molar refractivity (Wildman–Crippen MR) is 129 cm³/mol. The second-order valence-electron chi connectivity index (χ2n) is 9.12. The maximum atomic E-state index is 11.7. The monoisotopic (exact) mass is 441 g/mol. The summed E-state index contributed by atoms with van der Waals surface area (Å²) in [7, 11) is 3.79. The SMILES string of the molecule is CC.CNC1CCC(C(=O)C(C)C)CC1.COCC1CCC(COCCCC=O)CC1. The lowest BCUT2D eigenvalue weighted by Crippen LogP contribution is -2.33. The van der Waals surface area contributed by atoms with Gasteiger partial charge in [-0.25, -0.2) is 0 Å². The van der Waals surface area contributed by atoms with E-state index in [0.717, 1.165) is 57.2 Å². The summed E-state index contributed by atoms with van der Waals surface area (Å²) in [6.45, 7) is 10.5. The third-order valence-corrected chi connectivity index (χ3v) is 6.44. The number of hydrogen-bond acceptors (Lipinski definition) is 5. The van der Waals surface area contributed by atoms with Crippen molar-refractivity contribution in [2.24, 2.45) is 23.7 Å². The van der Waals surface area contributed by atoms with E-state index in [9.17, 15) is 9.59 Å². The number of carbonyl (C=O) groups excluding carboxylic acids is 2. The minimum absolute atomic E-state index is 0.219. The summed E-state index contributed by atoms with van der Waals surface area (Å²) >= 11 is 0. The molecule has 0 saturated heterocycles. The zero-order valence-electron chi connectivity index (χ0n) is 21.3. The summed E-state index contributed by atoms with van der Waals surface area (Å²) < 4.78 is 10.8. The van der Waals surface area contributed by atoms with Crippen LogP contribution in [0.15, 0.2) is 0 Å². The molecule has 0 spiro atoms. The van der Waals surface area contributed by atoms with Gasteiger partial charge in [0.15, 0.2) is 0 Å². The number of carbonyl (C=O) groups is 2. The van der Waals surface area contributed by atoms with Gasteiger partial charge >= 0.3 is 0 Å². The van der Waals surface area contributed by atoms with Crippen LogP contribution in [0.1, 0.15) is 91.9 Å². The van der Waals surface area contributed by atoms with Gasteiger partial charge in [-0.2, -0.15) is 0 Å². The molecule has 0 radical (unpaired) electrons. The zero-order chi connectivity index (χ0) is 23.5. The highest BCUT2D eigenvalue weighted by atomic mass is 16.5. The molecule has 2 saturated carbocycles. The highest BCUT2D eigenvalue weighted by Crippen LogP contribution is 2.29. The molecule has 0 aliphatic heterocycles. The molecular formula is C26H51NO4. The van der Waals surface area contributed by atoms with E-state index in [-0.39, 0.29) is 5.92 Å². The Kier molecular flexibility index (Phi) is 19.4. The van der Waals surface area contributed by atoms with Crippen LogP contribution in [0.4, 0.5) is 0 Å². The van der Waals surface area contributed by atoms with Crippen molar-refractivity contribution < 1.29 is 19.1 Å². The molecule has 5 nitrogen and oxygen atoms in total. The Labute approximate surface area is 192 Å². The molecule has 0 aromatic rings. The summed E-state index contributed by atoms with van der Waals surface area (Å²) in [6.07, 6.45) is 12.0. The van der Waals surface area contributed by atoms with Crippen LogP contribution in [-0.2, 0) is 19.1 Å². The summed E-state index contributed by atoms with van der Waals surface area (Å²) in [5, 5.41) is 3.28. The van der Waals surface area contributed by atoms with E-state index >= 15 is 0 Å². The van der Waals surface area contributed by atoms with Gasteiger partial charge in [0.05, 0.1) is 0 Å². The van der Waals surface area contributed by atoms with Gasteiger partial charge < -0.3 is 19.6 Å². The molecule has 2 aliphatic carbocycles. The third kappa shape index (κ3) is 14.1. The van der Waals surface area contributed by atoms with Gasteiger partial charge in [0.25, 0.3) is 0 Å². The van der Waals surface area contributed by atoms with Crippen molar-refractivity contribution in [1.82, 2.24) is 5.32 Å². The Morgan fingerprint density at radius 3 is 1.97 bits per heavy atom. The van der Waals surface area contributed by atoms with Crippen LogP contribution in [0.5, 0.6) is 0 Å². The number of aldehydes is 1. The molecule has 0 heterocycles. The van der Waals surface area contributed by atoms with Crippen molar-refractivity contribution in [3.05, 3.63) is 0 Å². The lowest BCUT2D eigenvalue weighted by molar-refractivity contribution is -0.126. The van der Waals surface area contributed by atoms with Gasteiger partial charge in [-0.3, -0.25) is 4.79 Å². The summed E-state index contributed by atoms with van der Waals surface area (Å²) in [4.78, 5) is 21.8. The van der Waals surface area contributed by atoms with Crippen LogP contribution < -0.4 is 5.32 Å². The third-order valence-electron chi connectivity index (χ3n) is 6.44. The molecule has 0 aromatic heterocycles. The number of unbranched alkanes of at least 4 members (excludes halogenated alkanes) is 1. The maximum Gasteiger partial charge on any atom is 0.138 e. The molecule has 0 unspecified atom stereocenters. The van der Waals surface area contributed by atoms with Crippen molar-refractivity contribution in [2.75, 3.05) is 34.0 Å². The average Bonchev–Trinajstić information content (AvgIpc) is 2.81. The molecule has 2 fully saturated rings.